The normalized spacial score (nSPS) is 15.2. The Labute approximate surface area is 272 Å². The maximum absolute atomic E-state index is 12.6. The minimum atomic E-state index is -0.532. The number of hydrogen-bond acceptors (Lipinski definition) is 8. The number of anilines is 3. The molecule has 2 fully saturated rings. The molecular formula is C34H35Cl2N5O4. The molecule has 11 heteroatoms. The van der Waals surface area contributed by atoms with Crippen molar-refractivity contribution in [2.24, 2.45) is 0 Å². The fourth-order valence-electron chi connectivity index (χ4n) is 5.28. The lowest BCUT2D eigenvalue weighted by molar-refractivity contribution is -0.112. The molecular weight excluding hydrogens is 613 g/mol. The van der Waals surface area contributed by atoms with Crippen molar-refractivity contribution in [2.75, 3.05) is 49.8 Å². The molecule has 3 aromatic carbocycles. The maximum atomic E-state index is 12.6. The van der Waals surface area contributed by atoms with Gasteiger partial charge < -0.3 is 14.8 Å². The molecule has 2 aliphatic rings. The SMILES string of the molecule is C=C(Cl)C(=O)Nc1cc2c(N(OCc3ccc(C4CC4)c(Cl)c3)c3ccccc3)ncnc2cc1OCCCN1CCOCC1. The minimum Gasteiger partial charge on any atom is -0.491 e. The second-order valence-corrected chi connectivity index (χ2v) is 12.0. The molecule has 1 saturated carbocycles. The first kappa shape index (κ1) is 31.3. The Morgan fingerprint density at radius 3 is 2.62 bits per heavy atom. The molecule has 0 unspecified atom stereocenters. The van der Waals surface area contributed by atoms with Gasteiger partial charge in [0.25, 0.3) is 5.91 Å². The number of ether oxygens (including phenoxy) is 2. The Hall–Kier alpha value is -3.73. The van der Waals surface area contributed by atoms with E-state index in [-0.39, 0.29) is 11.6 Å². The van der Waals surface area contributed by atoms with E-state index >= 15 is 0 Å². The molecule has 45 heavy (non-hydrogen) atoms. The summed E-state index contributed by atoms with van der Waals surface area (Å²) in [6, 6.07) is 19.3. The number of rotatable bonds is 13. The molecule has 1 aliphatic carbocycles. The molecule has 6 rings (SSSR count). The molecule has 1 amide bonds. The van der Waals surface area contributed by atoms with Gasteiger partial charge in [0.15, 0.2) is 5.82 Å². The van der Waals surface area contributed by atoms with E-state index in [1.54, 1.807) is 17.2 Å². The van der Waals surface area contributed by atoms with Crippen LogP contribution in [0.5, 0.6) is 5.75 Å². The van der Waals surface area contributed by atoms with Gasteiger partial charge in [0, 0.05) is 36.1 Å². The van der Waals surface area contributed by atoms with Crippen molar-refractivity contribution in [3.8, 4) is 5.75 Å². The van der Waals surface area contributed by atoms with Crippen molar-refractivity contribution in [1.82, 2.24) is 14.9 Å². The van der Waals surface area contributed by atoms with Crippen molar-refractivity contribution in [1.29, 1.82) is 0 Å². The summed E-state index contributed by atoms with van der Waals surface area (Å²) in [6.45, 7) is 8.48. The van der Waals surface area contributed by atoms with Crippen LogP contribution in [0.25, 0.3) is 10.9 Å². The lowest BCUT2D eigenvalue weighted by Crippen LogP contribution is -2.37. The van der Waals surface area contributed by atoms with Gasteiger partial charge in [-0.1, -0.05) is 60.1 Å². The molecule has 0 bridgehead atoms. The third-order valence-electron chi connectivity index (χ3n) is 7.82. The molecule has 0 radical (unpaired) electrons. The van der Waals surface area contributed by atoms with E-state index in [0.717, 1.165) is 55.5 Å². The first-order chi connectivity index (χ1) is 22.0. The molecule has 1 N–H and O–H groups in total. The average Bonchev–Trinajstić information content (AvgIpc) is 3.90. The van der Waals surface area contributed by atoms with Gasteiger partial charge in [-0.15, -0.1) is 0 Å². The van der Waals surface area contributed by atoms with Gasteiger partial charge >= 0.3 is 0 Å². The largest absolute Gasteiger partial charge is 0.491 e. The molecule has 9 nitrogen and oxygen atoms in total. The number of nitrogens with one attached hydrogen (secondary N) is 1. The van der Waals surface area contributed by atoms with Crippen LogP contribution < -0.4 is 15.1 Å². The molecule has 0 atom stereocenters. The molecule has 1 saturated heterocycles. The summed E-state index contributed by atoms with van der Waals surface area (Å²) in [5.41, 5.74) is 3.93. The number of amides is 1. The first-order valence-electron chi connectivity index (χ1n) is 15.1. The third kappa shape index (κ3) is 7.92. The van der Waals surface area contributed by atoms with Gasteiger partial charge in [-0.05, 0) is 60.6 Å². The average molecular weight is 649 g/mol. The summed E-state index contributed by atoms with van der Waals surface area (Å²) in [7, 11) is 0. The zero-order valence-electron chi connectivity index (χ0n) is 24.9. The van der Waals surface area contributed by atoms with Crippen molar-refractivity contribution in [2.45, 2.75) is 31.8 Å². The highest BCUT2D eigenvalue weighted by Crippen LogP contribution is 2.43. The zero-order valence-corrected chi connectivity index (χ0v) is 26.4. The fourth-order valence-corrected chi connectivity index (χ4v) is 5.69. The van der Waals surface area contributed by atoms with Gasteiger partial charge in [-0.2, -0.15) is 0 Å². The first-order valence-corrected chi connectivity index (χ1v) is 15.9. The van der Waals surface area contributed by atoms with Crippen LogP contribution in [-0.2, 0) is 21.0 Å². The summed E-state index contributed by atoms with van der Waals surface area (Å²) < 4.78 is 11.6. The number of aromatic nitrogens is 2. The number of para-hydroxylation sites is 1. The molecule has 1 aromatic heterocycles. The number of morpholine rings is 1. The van der Waals surface area contributed by atoms with Crippen LogP contribution in [0.2, 0.25) is 5.02 Å². The summed E-state index contributed by atoms with van der Waals surface area (Å²) >= 11 is 12.6. The predicted molar refractivity (Wildman–Crippen MR) is 177 cm³/mol. The monoisotopic (exact) mass is 647 g/mol. The Morgan fingerprint density at radius 1 is 1.09 bits per heavy atom. The number of hydrogen-bond donors (Lipinski definition) is 1. The van der Waals surface area contributed by atoms with Crippen LogP contribution in [-0.4, -0.2) is 60.2 Å². The topological polar surface area (TPSA) is 89.1 Å². The van der Waals surface area contributed by atoms with Crippen LogP contribution >= 0.6 is 23.2 Å². The maximum Gasteiger partial charge on any atom is 0.266 e. The van der Waals surface area contributed by atoms with Crippen molar-refractivity contribution in [3.05, 3.63) is 94.8 Å². The minimum absolute atomic E-state index is 0.140. The third-order valence-corrected chi connectivity index (χ3v) is 8.31. The molecule has 234 valence electrons. The predicted octanol–water partition coefficient (Wildman–Crippen LogP) is 7.22. The number of nitrogens with zero attached hydrogens (tertiary/aromatic N) is 4. The highest BCUT2D eigenvalue weighted by Gasteiger charge is 2.26. The Kier molecular flexibility index (Phi) is 10.1. The number of benzene rings is 3. The van der Waals surface area contributed by atoms with Crippen molar-refractivity contribution >= 4 is 57.2 Å². The standard InChI is InChI=1S/C34H35Cl2N5O4/c1-23(35)34(42)39-31-19-28-30(20-32(31)44-15-5-12-40-13-16-43-17-14-40)37-22-38-33(28)41(26-6-3-2-4-7-26)45-21-24-8-11-27(25-9-10-25)29(36)18-24/h2-4,6-8,11,18-20,22,25H,1,5,9-10,12-17,21H2,(H,39,42). The zero-order chi connectivity index (χ0) is 31.2. The molecule has 4 aromatic rings. The molecule has 0 spiro atoms. The number of carbonyl (C=O) groups excluding carboxylic acids is 1. The Bertz CT molecular complexity index is 1660. The lowest BCUT2D eigenvalue weighted by Gasteiger charge is -2.26. The van der Waals surface area contributed by atoms with E-state index < -0.39 is 5.91 Å². The highest BCUT2D eigenvalue weighted by atomic mass is 35.5. The van der Waals surface area contributed by atoms with Crippen molar-refractivity contribution < 1.29 is 19.1 Å². The highest BCUT2D eigenvalue weighted by molar-refractivity contribution is 6.43. The number of halogens is 2. The Morgan fingerprint density at radius 2 is 1.89 bits per heavy atom. The van der Waals surface area contributed by atoms with Crippen LogP contribution in [0.3, 0.4) is 0 Å². The number of fused-ring (bicyclic) bond motifs is 1. The van der Waals surface area contributed by atoms with E-state index in [9.17, 15) is 4.79 Å². The summed E-state index contributed by atoms with van der Waals surface area (Å²) in [5, 5.41) is 5.76. The lowest BCUT2D eigenvalue weighted by atomic mass is 10.1. The molecule has 1 aliphatic heterocycles. The van der Waals surface area contributed by atoms with Crippen LogP contribution in [0, 0.1) is 0 Å². The van der Waals surface area contributed by atoms with E-state index in [2.05, 4.69) is 38.9 Å². The summed E-state index contributed by atoms with van der Waals surface area (Å²) in [5.74, 6) is 0.990. The second-order valence-electron chi connectivity index (χ2n) is 11.1. The van der Waals surface area contributed by atoms with Gasteiger partial charge in [0.1, 0.15) is 18.7 Å². The second kappa shape index (κ2) is 14.6. The van der Waals surface area contributed by atoms with Gasteiger partial charge in [-0.25, -0.2) is 15.0 Å². The van der Waals surface area contributed by atoms with Crippen LogP contribution in [0.15, 0.2) is 78.6 Å². The summed E-state index contributed by atoms with van der Waals surface area (Å²) in [4.78, 5) is 30.6. The van der Waals surface area contributed by atoms with Gasteiger partial charge in [0.2, 0.25) is 0 Å². The quantitative estimate of drug-likeness (QED) is 0.0924. The van der Waals surface area contributed by atoms with Crippen LogP contribution in [0.4, 0.5) is 17.2 Å². The van der Waals surface area contributed by atoms with E-state index in [4.69, 9.17) is 37.5 Å². The number of carbonyl (C=O) groups is 1. The molecule has 2 heterocycles. The summed E-state index contributed by atoms with van der Waals surface area (Å²) in [6.07, 6.45) is 4.66. The smallest absolute Gasteiger partial charge is 0.266 e. The van der Waals surface area contributed by atoms with Crippen molar-refractivity contribution in [3.63, 3.8) is 0 Å². The fraction of sp³-hybridized carbons (Fsp3) is 0.324. The van der Waals surface area contributed by atoms with E-state index in [1.165, 1.54) is 24.7 Å². The Balaban J connectivity index is 1.29. The van der Waals surface area contributed by atoms with Gasteiger partial charge in [0.05, 0.1) is 41.7 Å². The van der Waals surface area contributed by atoms with E-state index in [0.29, 0.717) is 40.7 Å². The van der Waals surface area contributed by atoms with Crippen LogP contribution in [0.1, 0.15) is 36.3 Å². The van der Waals surface area contributed by atoms with Gasteiger partial charge in [-0.3, -0.25) is 14.5 Å². The van der Waals surface area contributed by atoms with E-state index in [1.807, 2.05) is 36.4 Å².